The molecule has 0 bridgehead atoms. The van der Waals surface area contributed by atoms with Gasteiger partial charge < -0.3 is 14.9 Å². The highest BCUT2D eigenvalue weighted by atomic mass is 16.5. The average Bonchev–Trinajstić information content (AvgIpc) is 2.28. The molecular formula is C12H12O5. The fourth-order valence-corrected chi connectivity index (χ4v) is 1.17. The number of hydrogen-bond donors (Lipinski definition) is 2. The summed E-state index contributed by atoms with van der Waals surface area (Å²) in [5, 5.41) is 18.8. The third-order valence-electron chi connectivity index (χ3n) is 1.99. The van der Waals surface area contributed by atoms with Crippen LogP contribution in [-0.4, -0.2) is 29.1 Å². The molecule has 5 nitrogen and oxygen atoms in total. The number of ether oxygens (including phenoxy) is 1. The summed E-state index contributed by atoms with van der Waals surface area (Å²) in [4.78, 5) is 22.1. The zero-order chi connectivity index (χ0) is 12.8. The van der Waals surface area contributed by atoms with Gasteiger partial charge >= 0.3 is 5.97 Å². The molecule has 0 aliphatic heterocycles. The highest BCUT2D eigenvalue weighted by Crippen LogP contribution is 2.17. The minimum Gasteiger partial charge on any atom is -0.508 e. The third kappa shape index (κ3) is 3.98. The number of aliphatic hydroxyl groups is 1. The molecule has 1 rings (SSSR count). The standard InChI is InChI=1S/C12H12O5/c1-17-12(16)7-10(14)6-11(15)8-3-2-4-9(13)5-8/h2-6,13,15H,7H2,1H3/b11-6-. The first-order valence-corrected chi connectivity index (χ1v) is 4.82. The molecule has 0 aromatic heterocycles. The van der Waals surface area contributed by atoms with Crippen molar-refractivity contribution in [2.75, 3.05) is 7.11 Å². The fourth-order valence-electron chi connectivity index (χ4n) is 1.17. The van der Waals surface area contributed by atoms with Crippen molar-refractivity contribution in [1.82, 2.24) is 0 Å². The number of phenols is 1. The number of benzene rings is 1. The van der Waals surface area contributed by atoms with E-state index in [0.29, 0.717) is 5.56 Å². The van der Waals surface area contributed by atoms with E-state index in [2.05, 4.69) is 4.74 Å². The summed E-state index contributed by atoms with van der Waals surface area (Å²) in [5.74, 6) is -1.58. The summed E-state index contributed by atoms with van der Waals surface area (Å²) in [6.07, 6.45) is 0.491. The molecule has 0 aliphatic carbocycles. The molecule has 1 aromatic rings. The van der Waals surface area contributed by atoms with Crippen LogP contribution in [0.5, 0.6) is 5.75 Å². The number of allylic oxidation sites excluding steroid dienone is 1. The Morgan fingerprint density at radius 3 is 2.71 bits per heavy atom. The predicted octanol–water partition coefficient (Wildman–Crippen LogP) is 1.42. The SMILES string of the molecule is COC(=O)CC(=O)/C=C(\O)c1cccc(O)c1. The van der Waals surface area contributed by atoms with Gasteiger partial charge in [-0.25, -0.2) is 0 Å². The lowest BCUT2D eigenvalue weighted by Crippen LogP contribution is -2.07. The van der Waals surface area contributed by atoms with Gasteiger partial charge in [-0.15, -0.1) is 0 Å². The molecule has 0 unspecified atom stereocenters. The van der Waals surface area contributed by atoms with Crippen molar-refractivity contribution in [3.63, 3.8) is 0 Å². The van der Waals surface area contributed by atoms with E-state index in [1.165, 1.54) is 31.4 Å². The van der Waals surface area contributed by atoms with E-state index in [0.717, 1.165) is 6.08 Å². The molecule has 0 fully saturated rings. The maximum atomic E-state index is 11.3. The van der Waals surface area contributed by atoms with Gasteiger partial charge in [-0.05, 0) is 12.1 Å². The molecule has 90 valence electrons. The third-order valence-corrected chi connectivity index (χ3v) is 1.99. The van der Waals surface area contributed by atoms with Crippen LogP contribution in [0.15, 0.2) is 30.3 Å². The van der Waals surface area contributed by atoms with Gasteiger partial charge in [0.15, 0.2) is 5.78 Å². The van der Waals surface area contributed by atoms with E-state index in [1.807, 2.05) is 0 Å². The summed E-state index contributed by atoms with van der Waals surface area (Å²) < 4.78 is 4.32. The summed E-state index contributed by atoms with van der Waals surface area (Å²) in [6.45, 7) is 0. The predicted molar refractivity (Wildman–Crippen MR) is 60.4 cm³/mol. The quantitative estimate of drug-likeness (QED) is 0.357. The molecule has 0 aliphatic rings. The number of rotatable bonds is 4. The lowest BCUT2D eigenvalue weighted by Gasteiger charge is -2.00. The molecule has 0 atom stereocenters. The molecule has 0 radical (unpaired) electrons. The van der Waals surface area contributed by atoms with Crippen LogP contribution >= 0.6 is 0 Å². The monoisotopic (exact) mass is 236 g/mol. The van der Waals surface area contributed by atoms with Crippen LogP contribution in [-0.2, 0) is 14.3 Å². The average molecular weight is 236 g/mol. The van der Waals surface area contributed by atoms with Crippen molar-refractivity contribution < 1.29 is 24.5 Å². The second-order valence-electron chi connectivity index (χ2n) is 3.30. The van der Waals surface area contributed by atoms with Gasteiger partial charge in [0.1, 0.15) is 17.9 Å². The van der Waals surface area contributed by atoms with E-state index in [4.69, 9.17) is 0 Å². The fraction of sp³-hybridized carbons (Fsp3) is 0.167. The van der Waals surface area contributed by atoms with Gasteiger partial charge in [-0.1, -0.05) is 12.1 Å². The van der Waals surface area contributed by atoms with Crippen LogP contribution in [0, 0.1) is 0 Å². The van der Waals surface area contributed by atoms with Crippen molar-refractivity contribution in [3.8, 4) is 5.75 Å². The molecule has 1 aromatic carbocycles. The first-order valence-electron chi connectivity index (χ1n) is 4.82. The van der Waals surface area contributed by atoms with Crippen LogP contribution in [0.3, 0.4) is 0 Å². The normalized spacial score (nSPS) is 11.0. The minimum absolute atomic E-state index is 0.0251. The molecule has 17 heavy (non-hydrogen) atoms. The number of phenolic OH excluding ortho intramolecular Hbond substituents is 1. The van der Waals surface area contributed by atoms with Crippen molar-refractivity contribution in [3.05, 3.63) is 35.9 Å². The van der Waals surface area contributed by atoms with Crippen molar-refractivity contribution in [1.29, 1.82) is 0 Å². The first kappa shape index (κ1) is 12.8. The summed E-state index contributed by atoms with van der Waals surface area (Å²) in [6, 6.07) is 5.79. The number of ketones is 1. The zero-order valence-corrected chi connectivity index (χ0v) is 9.21. The Kier molecular flexibility index (Phi) is 4.28. The van der Waals surface area contributed by atoms with Gasteiger partial charge in [0.05, 0.1) is 7.11 Å². The number of carbonyl (C=O) groups is 2. The number of carbonyl (C=O) groups excluding carboxylic acids is 2. The lowest BCUT2D eigenvalue weighted by molar-refractivity contribution is -0.142. The Morgan fingerprint density at radius 1 is 1.41 bits per heavy atom. The zero-order valence-electron chi connectivity index (χ0n) is 9.21. The van der Waals surface area contributed by atoms with E-state index in [1.54, 1.807) is 0 Å². The van der Waals surface area contributed by atoms with Crippen LogP contribution in [0.2, 0.25) is 0 Å². The number of aliphatic hydroxyl groups excluding tert-OH is 1. The van der Waals surface area contributed by atoms with Gasteiger partial charge in [0.25, 0.3) is 0 Å². The minimum atomic E-state index is -0.671. The molecule has 0 saturated heterocycles. The highest BCUT2D eigenvalue weighted by molar-refractivity contribution is 6.04. The van der Waals surface area contributed by atoms with Crippen LogP contribution in [0.1, 0.15) is 12.0 Å². The molecule has 0 heterocycles. The topological polar surface area (TPSA) is 83.8 Å². The maximum absolute atomic E-state index is 11.3. The van der Waals surface area contributed by atoms with E-state index in [9.17, 15) is 19.8 Å². The van der Waals surface area contributed by atoms with Crippen molar-refractivity contribution >= 4 is 17.5 Å². The van der Waals surface area contributed by atoms with Gasteiger partial charge in [0, 0.05) is 11.6 Å². The molecule has 5 heteroatoms. The molecular weight excluding hydrogens is 224 g/mol. The van der Waals surface area contributed by atoms with Crippen LogP contribution in [0.4, 0.5) is 0 Å². The largest absolute Gasteiger partial charge is 0.508 e. The van der Waals surface area contributed by atoms with Crippen LogP contribution < -0.4 is 0 Å². The summed E-state index contributed by atoms with van der Waals surface area (Å²) in [5.41, 5.74) is 0.295. The highest BCUT2D eigenvalue weighted by Gasteiger charge is 2.09. The molecule has 2 N–H and O–H groups in total. The maximum Gasteiger partial charge on any atom is 0.313 e. The summed E-state index contributed by atoms with van der Waals surface area (Å²) >= 11 is 0. The smallest absolute Gasteiger partial charge is 0.313 e. The number of esters is 1. The Labute approximate surface area is 98.0 Å². The second kappa shape index (κ2) is 5.69. The number of aromatic hydroxyl groups is 1. The van der Waals surface area contributed by atoms with Crippen molar-refractivity contribution in [2.45, 2.75) is 6.42 Å². The summed E-state index contributed by atoms with van der Waals surface area (Å²) in [7, 11) is 1.18. The van der Waals surface area contributed by atoms with E-state index < -0.39 is 18.2 Å². The first-order chi connectivity index (χ1) is 8.02. The second-order valence-corrected chi connectivity index (χ2v) is 3.30. The molecule has 0 spiro atoms. The Hall–Kier alpha value is -2.30. The van der Waals surface area contributed by atoms with E-state index >= 15 is 0 Å². The number of methoxy groups -OCH3 is 1. The Balaban J connectivity index is 2.79. The van der Waals surface area contributed by atoms with Gasteiger partial charge in [-0.2, -0.15) is 0 Å². The molecule has 0 saturated carbocycles. The molecule has 0 amide bonds. The lowest BCUT2D eigenvalue weighted by atomic mass is 10.1. The van der Waals surface area contributed by atoms with Gasteiger partial charge in [-0.3, -0.25) is 9.59 Å². The number of hydrogen-bond acceptors (Lipinski definition) is 5. The van der Waals surface area contributed by atoms with Crippen LogP contribution in [0.25, 0.3) is 5.76 Å². The Bertz CT molecular complexity index is 462. The Morgan fingerprint density at radius 2 is 2.12 bits per heavy atom. The van der Waals surface area contributed by atoms with Gasteiger partial charge in [0.2, 0.25) is 0 Å². The van der Waals surface area contributed by atoms with Crippen molar-refractivity contribution in [2.24, 2.45) is 0 Å². The van der Waals surface area contributed by atoms with E-state index in [-0.39, 0.29) is 11.5 Å².